The molecular weight excluding hydrogens is 238 g/mol. The van der Waals surface area contributed by atoms with Gasteiger partial charge in [-0.15, -0.1) is 0 Å². The number of ether oxygens (including phenoxy) is 1. The molecular formula is C12H20ClN3O. The summed E-state index contributed by atoms with van der Waals surface area (Å²) >= 11 is 6.26. The maximum absolute atomic E-state index is 6.26. The van der Waals surface area contributed by atoms with Crippen molar-refractivity contribution < 1.29 is 4.74 Å². The van der Waals surface area contributed by atoms with Crippen LogP contribution in [0.5, 0.6) is 0 Å². The van der Waals surface area contributed by atoms with Crippen LogP contribution in [0.15, 0.2) is 0 Å². The van der Waals surface area contributed by atoms with E-state index < -0.39 is 0 Å². The fourth-order valence-electron chi connectivity index (χ4n) is 2.30. The first-order chi connectivity index (χ1) is 8.11. The van der Waals surface area contributed by atoms with Crippen LogP contribution < -0.4 is 5.73 Å². The van der Waals surface area contributed by atoms with Gasteiger partial charge in [0.05, 0.1) is 29.1 Å². The van der Waals surface area contributed by atoms with Gasteiger partial charge in [0.1, 0.15) is 0 Å². The summed E-state index contributed by atoms with van der Waals surface area (Å²) in [5, 5.41) is 5.12. The molecule has 5 heteroatoms. The van der Waals surface area contributed by atoms with Crippen LogP contribution in [-0.2, 0) is 24.8 Å². The highest BCUT2D eigenvalue weighted by molar-refractivity contribution is 6.31. The molecule has 0 bridgehead atoms. The van der Waals surface area contributed by atoms with E-state index in [2.05, 4.69) is 12.0 Å². The van der Waals surface area contributed by atoms with Crippen molar-refractivity contribution in [1.29, 1.82) is 0 Å². The number of nitrogens with zero attached hydrogens (tertiary/aromatic N) is 2. The zero-order valence-electron chi connectivity index (χ0n) is 10.4. The lowest BCUT2D eigenvalue weighted by atomic mass is 10.3. The topological polar surface area (TPSA) is 53.1 Å². The molecule has 2 atom stereocenters. The van der Waals surface area contributed by atoms with Gasteiger partial charge in [-0.3, -0.25) is 4.68 Å². The van der Waals surface area contributed by atoms with Crippen LogP contribution in [0.2, 0.25) is 5.02 Å². The van der Waals surface area contributed by atoms with Crippen LogP contribution in [-0.4, -0.2) is 21.9 Å². The normalized spacial score (nSPS) is 24.5. The number of halogens is 1. The molecule has 1 saturated carbocycles. The van der Waals surface area contributed by atoms with E-state index in [0.29, 0.717) is 12.6 Å². The van der Waals surface area contributed by atoms with Crippen LogP contribution in [0.4, 0.5) is 0 Å². The minimum Gasteiger partial charge on any atom is -0.372 e. The number of aromatic nitrogens is 2. The third kappa shape index (κ3) is 2.81. The van der Waals surface area contributed by atoms with E-state index in [4.69, 9.17) is 22.1 Å². The van der Waals surface area contributed by atoms with Gasteiger partial charge in [-0.1, -0.05) is 18.5 Å². The van der Waals surface area contributed by atoms with Crippen molar-refractivity contribution in [1.82, 2.24) is 9.78 Å². The summed E-state index contributed by atoms with van der Waals surface area (Å²) in [5.74, 6) is 0. The third-order valence-corrected chi connectivity index (χ3v) is 3.82. The van der Waals surface area contributed by atoms with E-state index in [1.807, 2.05) is 11.7 Å². The number of hydrogen-bond donors (Lipinski definition) is 1. The molecule has 1 heterocycles. The van der Waals surface area contributed by atoms with E-state index in [-0.39, 0.29) is 6.10 Å². The standard InChI is InChI=1S/C12H20ClN3O/c1-3-10-12(13)11(16(2)15-10)7-17-9-5-4-8(14)6-9/h8-9H,3-7,14H2,1-2H3. The molecule has 0 amide bonds. The van der Waals surface area contributed by atoms with Crippen LogP contribution in [0.3, 0.4) is 0 Å². The van der Waals surface area contributed by atoms with Crippen molar-refractivity contribution in [2.75, 3.05) is 0 Å². The predicted molar refractivity (Wildman–Crippen MR) is 68.0 cm³/mol. The Morgan fingerprint density at radius 1 is 1.53 bits per heavy atom. The molecule has 2 unspecified atom stereocenters. The lowest BCUT2D eigenvalue weighted by molar-refractivity contribution is 0.0413. The number of aryl methyl sites for hydroxylation is 2. The highest BCUT2D eigenvalue weighted by Gasteiger charge is 2.23. The van der Waals surface area contributed by atoms with Crippen molar-refractivity contribution >= 4 is 11.6 Å². The van der Waals surface area contributed by atoms with Crippen LogP contribution in [0, 0.1) is 0 Å². The van der Waals surface area contributed by atoms with Crippen molar-refractivity contribution in [3.05, 3.63) is 16.4 Å². The minimum absolute atomic E-state index is 0.279. The molecule has 2 rings (SSSR count). The Hall–Kier alpha value is -0.580. The molecule has 0 aromatic carbocycles. The number of hydrogen-bond acceptors (Lipinski definition) is 3. The molecule has 1 aliphatic carbocycles. The third-order valence-electron chi connectivity index (χ3n) is 3.38. The SMILES string of the molecule is CCc1nn(C)c(COC2CCC(N)C2)c1Cl. The average molecular weight is 258 g/mol. The number of nitrogens with two attached hydrogens (primary N) is 1. The van der Waals surface area contributed by atoms with Gasteiger partial charge < -0.3 is 10.5 Å². The van der Waals surface area contributed by atoms with E-state index in [9.17, 15) is 0 Å². The van der Waals surface area contributed by atoms with E-state index in [0.717, 1.165) is 42.1 Å². The van der Waals surface area contributed by atoms with Gasteiger partial charge in [-0.05, 0) is 25.7 Å². The molecule has 0 aliphatic heterocycles. The highest BCUT2D eigenvalue weighted by atomic mass is 35.5. The lowest BCUT2D eigenvalue weighted by Crippen LogP contribution is -2.17. The molecule has 1 aliphatic rings. The quantitative estimate of drug-likeness (QED) is 0.898. The van der Waals surface area contributed by atoms with Crippen LogP contribution in [0.25, 0.3) is 0 Å². The molecule has 4 nitrogen and oxygen atoms in total. The summed E-state index contributed by atoms with van der Waals surface area (Å²) in [7, 11) is 1.91. The number of rotatable bonds is 4. The largest absolute Gasteiger partial charge is 0.372 e. The first kappa shape index (κ1) is 12.9. The maximum atomic E-state index is 6.26. The van der Waals surface area contributed by atoms with Gasteiger partial charge in [-0.2, -0.15) is 5.10 Å². The minimum atomic E-state index is 0.279. The summed E-state index contributed by atoms with van der Waals surface area (Å²) in [6, 6.07) is 0.299. The van der Waals surface area contributed by atoms with Gasteiger partial charge in [0.15, 0.2) is 0 Å². The van der Waals surface area contributed by atoms with Gasteiger partial charge in [0, 0.05) is 13.1 Å². The second kappa shape index (κ2) is 5.38. The second-order valence-electron chi connectivity index (χ2n) is 4.69. The van der Waals surface area contributed by atoms with E-state index >= 15 is 0 Å². The molecule has 0 saturated heterocycles. The monoisotopic (exact) mass is 257 g/mol. The van der Waals surface area contributed by atoms with E-state index in [1.54, 1.807) is 0 Å². The van der Waals surface area contributed by atoms with Crippen molar-refractivity contribution in [2.24, 2.45) is 12.8 Å². The van der Waals surface area contributed by atoms with Crippen molar-refractivity contribution in [3.63, 3.8) is 0 Å². The Kier molecular flexibility index (Phi) is 4.07. The van der Waals surface area contributed by atoms with Crippen molar-refractivity contribution in [3.8, 4) is 0 Å². The summed E-state index contributed by atoms with van der Waals surface area (Å²) in [6.07, 6.45) is 4.19. The Labute approximate surface area is 107 Å². The van der Waals surface area contributed by atoms with Gasteiger partial charge in [0.25, 0.3) is 0 Å². The van der Waals surface area contributed by atoms with Crippen LogP contribution >= 0.6 is 11.6 Å². The Morgan fingerprint density at radius 2 is 2.29 bits per heavy atom. The van der Waals surface area contributed by atoms with E-state index in [1.165, 1.54) is 0 Å². The molecule has 0 spiro atoms. The highest BCUT2D eigenvalue weighted by Crippen LogP contribution is 2.25. The molecule has 17 heavy (non-hydrogen) atoms. The zero-order chi connectivity index (χ0) is 12.4. The molecule has 1 fully saturated rings. The Morgan fingerprint density at radius 3 is 2.82 bits per heavy atom. The summed E-state index contributed by atoms with van der Waals surface area (Å²) in [6.45, 7) is 2.58. The summed E-state index contributed by atoms with van der Waals surface area (Å²) in [4.78, 5) is 0. The lowest BCUT2D eigenvalue weighted by Gasteiger charge is -2.11. The fraction of sp³-hybridized carbons (Fsp3) is 0.750. The Bertz CT molecular complexity index is 391. The second-order valence-corrected chi connectivity index (χ2v) is 5.07. The zero-order valence-corrected chi connectivity index (χ0v) is 11.2. The fourth-order valence-corrected chi connectivity index (χ4v) is 2.65. The first-order valence-electron chi connectivity index (χ1n) is 6.19. The van der Waals surface area contributed by atoms with Crippen molar-refractivity contribution in [2.45, 2.75) is 51.4 Å². The first-order valence-corrected chi connectivity index (χ1v) is 6.57. The molecule has 96 valence electrons. The van der Waals surface area contributed by atoms with Crippen LogP contribution in [0.1, 0.15) is 37.6 Å². The molecule has 2 N–H and O–H groups in total. The summed E-state index contributed by atoms with van der Waals surface area (Å²) < 4.78 is 7.67. The molecule has 0 radical (unpaired) electrons. The molecule has 1 aromatic heterocycles. The van der Waals surface area contributed by atoms with Gasteiger partial charge >= 0.3 is 0 Å². The Balaban J connectivity index is 1.97. The molecule has 1 aromatic rings. The van der Waals surface area contributed by atoms with Gasteiger partial charge in [-0.25, -0.2) is 0 Å². The maximum Gasteiger partial charge on any atom is 0.0903 e. The summed E-state index contributed by atoms with van der Waals surface area (Å²) in [5.41, 5.74) is 7.76. The predicted octanol–water partition coefficient (Wildman–Crippen LogP) is 2.03. The average Bonchev–Trinajstić information content (AvgIpc) is 2.82. The van der Waals surface area contributed by atoms with Gasteiger partial charge in [0.2, 0.25) is 0 Å². The smallest absolute Gasteiger partial charge is 0.0903 e.